The van der Waals surface area contributed by atoms with Gasteiger partial charge in [0, 0.05) is 36.6 Å². The van der Waals surface area contributed by atoms with Gasteiger partial charge in [0.25, 0.3) is 5.91 Å². The van der Waals surface area contributed by atoms with E-state index in [9.17, 15) is 18.0 Å². The first-order valence-electron chi connectivity index (χ1n) is 8.27. The van der Waals surface area contributed by atoms with E-state index in [4.69, 9.17) is 5.73 Å². The number of carbonyl (C=O) groups is 1. The Hall–Kier alpha value is -2.48. The molecule has 146 valence electrons. The molecule has 0 aliphatic carbocycles. The fourth-order valence-corrected chi connectivity index (χ4v) is 2.90. The zero-order valence-electron chi connectivity index (χ0n) is 14.4. The summed E-state index contributed by atoms with van der Waals surface area (Å²) in [6.07, 6.45) is -2.14. The second-order valence-electron chi connectivity index (χ2n) is 6.26. The number of pyridine rings is 1. The topological polar surface area (TPSA) is 71.2 Å². The number of alkyl halides is 3. The van der Waals surface area contributed by atoms with Gasteiger partial charge >= 0.3 is 6.18 Å². The van der Waals surface area contributed by atoms with Crippen molar-refractivity contribution in [1.82, 2.24) is 10.3 Å². The zero-order chi connectivity index (χ0) is 18.7. The number of benzene rings is 1. The molecule has 5 nitrogen and oxygen atoms in total. The lowest BCUT2D eigenvalue weighted by molar-refractivity contribution is -0.137. The number of amides is 1. The van der Waals surface area contributed by atoms with Gasteiger partial charge in [-0.05, 0) is 49.2 Å². The van der Waals surface area contributed by atoms with Crippen LogP contribution in [0, 0.1) is 0 Å². The number of aromatic nitrogens is 1. The molecule has 0 atom stereocenters. The Morgan fingerprint density at radius 2 is 1.74 bits per heavy atom. The minimum absolute atomic E-state index is 0. The maximum Gasteiger partial charge on any atom is 0.417 e. The van der Waals surface area contributed by atoms with Gasteiger partial charge in [0.15, 0.2) is 0 Å². The van der Waals surface area contributed by atoms with Gasteiger partial charge in [-0.3, -0.25) is 4.79 Å². The van der Waals surface area contributed by atoms with Crippen LogP contribution in [0.3, 0.4) is 0 Å². The molecule has 0 radical (unpaired) electrons. The van der Waals surface area contributed by atoms with Gasteiger partial charge in [-0.25, -0.2) is 4.98 Å². The van der Waals surface area contributed by atoms with Crippen LogP contribution in [0.2, 0.25) is 0 Å². The van der Waals surface area contributed by atoms with Crippen molar-refractivity contribution in [2.75, 3.05) is 23.7 Å². The molecule has 3 rings (SSSR count). The smallest absolute Gasteiger partial charge is 0.399 e. The SMILES string of the molecule is Cl.Nc1ccc(C(=O)NC2CCN(c3ccc(C(F)(F)F)cn3)CC2)cc1. The molecule has 27 heavy (non-hydrogen) atoms. The average Bonchev–Trinajstić information content (AvgIpc) is 2.62. The quantitative estimate of drug-likeness (QED) is 0.773. The first-order chi connectivity index (χ1) is 12.3. The molecular formula is C18H20ClF3N4O. The van der Waals surface area contributed by atoms with Crippen LogP contribution in [-0.2, 0) is 6.18 Å². The Labute approximate surface area is 161 Å². The Morgan fingerprint density at radius 1 is 1.11 bits per heavy atom. The van der Waals surface area contributed by atoms with E-state index in [-0.39, 0.29) is 24.4 Å². The molecule has 3 N–H and O–H groups in total. The monoisotopic (exact) mass is 400 g/mol. The molecule has 0 spiro atoms. The minimum atomic E-state index is -4.38. The van der Waals surface area contributed by atoms with Crippen molar-refractivity contribution in [2.45, 2.75) is 25.1 Å². The Morgan fingerprint density at radius 3 is 2.26 bits per heavy atom. The molecule has 1 amide bonds. The predicted molar refractivity (Wildman–Crippen MR) is 100 cm³/mol. The lowest BCUT2D eigenvalue weighted by Crippen LogP contribution is -2.45. The van der Waals surface area contributed by atoms with E-state index in [1.807, 2.05) is 4.90 Å². The molecule has 1 aliphatic heterocycles. The summed E-state index contributed by atoms with van der Waals surface area (Å²) in [5.41, 5.74) is 6.00. The lowest BCUT2D eigenvalue weighted by Gasteiger charge is -2.33. The highest BCUT2D eigenvalue weighted by Gasteiger charge is 2.31. The van der Waals surface area contributed by atoms with Gasteiger partial charge in [0.05, 0.1) is 5.56 Å². The van der Waals surface area contributed by atoms with E-state index in [1.54, 1.807) is 24.3 Å². The van der Waals surface area contributed by atoms with Gasteiger partial charge < -0.3 is 16.0 Å². The summed E-state index contributed by atoms with van der Waals surface area (Å²) in [4.78, 5) is 18.1. The van der Waals surface area contributed by atoms with E-state index in [0.29, 0.717) is 43.0 Å². The molecule has 2 aromatic rings. The first kappa shape index (κ1) is 20.8. The number of hydrogen-bond donors (Lipinski definition) is 2. The number of carbonyl (C=O) groups excluding carboxylic acids is 1. The number of anilines is 2. The van der Waals surface area contributed by atoms with Crippen molar-refractivity contribution in [2.24, 2.45) is 0 Å². The van der Waals surface area contributed by atoms with Gasteiger partial charge in [0.2, 0.25) is 0 Å². The van der Waals surface area contributed by atoms with Crippen LogP contribution < -0.4 is 16.0 Å². The fourth-order valence-electron chi connectivity index (χ4n) is 2.90. The second kappa shape index (κ2) is 8.47. The highest BCUT2D eigenvalue weighted by Crippen LogP contribution is 2.29. The van der Waals surface area contributed by atoms with Crippen LogP contribution in [0.5, 0.6) is 0 Å². The van der Waals surface area contributed by atoms with Crippen LogP contribution >= 0.6 is 12.4 Å². The number of hydrogen-bond acceptors (Lipinski definition) is 4. The van der Waals surface area contributed by atoms with Crippen molar-refractivity contribution in [3.63, 3.8) is 0 Å². The normalized spacial score (nSPS) is 15.1. The molecule has 1 fully saturated rings. The molecule has 1 aromatic heterocycles. The van der Waals surface area contributed by atoms with Gasteiger partial charge in [-0.2, -0.15) is 13.2 Å². The number of nitrogens with one attached hydrogen (secondary N) is 1. The van der Waals surface area contributed by atoms with Crippen molar-refractivity contribution in [1.29, 1.82) is 0 Å². The van der Waals surface area contributed by atoms with Crippen LogP contribution in [-0.4, -0.2) is 30.0 Å². The standard InChI is InChI=1S/C18H19F3N4O.ClH/c19-18(20,21)13-3-6-16(23-11-13)25-9-7-15(8-10-25)24-17(26)12-1-4-14(22)5-2-12;/h1-6,11,15H,7-10,22H2,(H,24,26);1H. The summed E-state index contributed by atoms with van der Waals surface area (Å²) in [6.45, 7) is 1.23. The summed E-state index contributed by atoms with van der Waals surface area (Å²) < 4.78 is 37.8. The molecule has 0 saturated carbocycles. The molecule has 0 unspecified atom stereocenters. The second-order valence-corrected chi connectivity index (χ2v) is 6.26. The highest BCUT2D eigenvalue weighted by molar-refractivity contribution is 5.94. The maximum atomic E-state index is 12.6. The Balaban J connectivity index is 0.00000261. The molecule has 1 saturated heterocycles. The highest BCUT2D eigenvalue weighted by atomic mass is 35.5. The van der Waals surface area contributed by atoms with E-state index < -0.39 is 11.7 Å². The lowest BCUT2D eigenvalue weighted by atomic mass is 10.0. The number of piperidine rings is 1. The number of nitrogens with zero attached hydrogens (tertiary/aromatic N) is 2. The van der Waals surface area contributed by atoms with Crippen LogP contribution in [0.4, 0.5) is 24.7 Å². The number of halogens is 4. The van der Waals surface area contributed by atoms with E-state index >= 15 is 0 Å². The van der Waals surface area contributed by atoms with Crippen LogP contribution in [0.25, 0.3) is 0 Å². The van der Waals surface area contributed by atoms with Crippen molar-refractivity contribution < 1.29 is 18.0 Å². The molecule has 1 aliphatic rings. The summed E-state index contributed by atoms with van der Waals surface area (Å²) in [6, 6.07) is 9.14. The fraction of sp³-hybridized carbons (Fsp3) is 0.333. The molecular weight excluding hydrogens is 381 g/mol. The van der Waals surface area contributed by atoms with Crippen LogP contribution in [0.15, 0.2) is 42.6 Å². The minimum Gasteiger partial charge on any atom is -0.399 e. The summed E-state index contributed by atoms with van der Waals surface area (Å²) in [5.74, 6) is 0.359. The number of nitrogen functional groups attached to an aromatic ring is 1. The zero-order valence-corrected chi connectivity index (χ0v) is 15.2. The summed E-state index contributed by atoms with van der Waals surface area (Å²) >= 11 is 0. The van der Waals surface area contributed by atoms with Gasteiger partial charge in [-0.1, -0.05) is 0 Å². The third-order valence-electron chi connectivity index (χ3n) is 4.40. The predicted octanol–water partition coefficient (Wildman–Crippen LogP) is 3.50. The third-order valence-corrected chi connectivity index (χ3v) is 4.40. The average molecular weight is 401 g/mol. The van der Waals surface area contributed by atoms with E-state index in [1.165, 1.54) is 6.07 Å². The van der Waals surface area contributed by atoms with Gasteiger partial charge in [-0.15, -0.1) is 12.4 Å². The van der Waals surface area contributed by atoms with Crippen molar-refractivity contribution >= 4 is 29.8 Å². The summed E-state index contributed by atoms with van der Waals surface area (Å²) in [7, 11) is 0. The Kier molecular flexibility index (Phi) is 6.54. The van der Waals surface area contributed by atoms with Crippen molar-refractivity contribution in [3.05, 3.63) is 53.7 Å². The number of rotatable bonds is 3. The third kappa shape index (κ3) is 5.26. The van der Waals surface area contributed by atoms with E-state index in [0.717, 1.165) is 12.3 Å². The summed E-state index contributed by atoms with van der Waals surface area (Å²) in [5, 5.41) is 2.98. The van der Waals surface area contributed by atoms with Crippen molar-refractivity contribution in [3.8, 4) is 0 Å². The first-order valence-corrected chi connectivity index (χ1v) is 8.27. The largest absolute Gasteiger partial charge is 0.417 e. The molecule has 1 aromatic carbocycles. The molecule has 9 heteroatoms. The molecule has 2 heterocycles. The van der Waals surface area contributed by atoms with Gasteiger partial charge in [0.1, 0.15) is 5.82 Å². The molecule has 0 bridgehead atoms. The Bertz CT molecular complexity index is 758. The maximum absolute atomic E-state index is 12.6. The number of nitrogens with two attached hydrogens (primary N) is 1. The van der Waals surface area contributed by atoms with E-state index in [2.05, 4.69) is 10.3 Å². The van der Waals surface area contributed by atoms with Crippen LogP contribution in [0.1, 0.15) is 28.8 Å².